The molecule has 0 aliphatic heterocycles. The molecule has 30 heavy (non-hydrogen) atoms. The second kappa shape index (κ2) is 8.44. The molecule has 0 bridgehead atoms. The number of rotatable bonds is 6. The molecule has 0 radical (unpaired) electrons. The number of nitrogens with zero attached hydrogens (tertiary/aromatic N) is 1. The number of alkyl halides is 3. The number of aryl methyl sites for hydroxylation is 1. The van der Waals surface area contributed by atoms with Gasteiger partial charge in [0.1, 0.15) is 0 Å². The zero-order valence-electron chi connectivity index (χ0n) is 15.5. The van der Waals surface area contributed by atoms with Crippen molar-refractivity contribution >= 4 is 33.1 Å². The van der Waals surface area contributed by atoms with Crippen LogP contribution in [0.25, 0.3) is 0 Å². The predicted octanol–water partition coefficient (Wildman–Crippen LogP) is 4.20. The molecule has 0 unspecified atom stereocenters. The van der Waals surface area contributed by atoms with Crippen LogP contribution in [0, 0.1) is 6.92 Å². The lowest BCUT2D eigenvalue weighted by Crippen LogP contribution is -2.25. The minimum absolute atomic E-state index is 0.00623. The smallest absolute Gasteiger partial charge is 0.348 e. The van der Waals surface area contributed by atoms with Gasteiger partial charge in [-0.2, -0.15) is 13.2 Å². The molecule has 0 saturated heterocycles. The van der Waals surface area contributed by atoms with Crippen LogP contribution < -0.4 is 10.0 Å². The lowest BCUT2D eigenvalue weighted by Gasteiger charge is -2.15. The zero-order chi connectivity index (χ0) is 21.9. The van der Waals surface area contributed by atoms with Gasteiger partial charge in [-0.05, 0) is 36.8 Å². The Balaban J connectivity index is 1.93. The largest absolute Gasteiger partial charge is 0.416 e. The molecule has 2 aromatic carbocycles. The maximum atomic E-state index is 13.2. The first-order chi connectivity index (χ1) is 14.1. The number of anilines is 1. The summed E-state index contributed by atoms with van der Waals surface area (Å²) in [5.74, 6) is -0.476. The number of carbonyl (C=O) groups excluding carboxylic acids is 1. The van der Waals surface area contributed by atoms with Gasteiger partial charge in [-0.1, -0.05) is 24.3 Å². The summed E-state index contributed by atoms with van der Waals surface area (Å²) >= 11 is 1.19. The Labute approximate surface area is 174 Å². The van der Waals surface area contributed by atoms with E-state index in [4.69, 9.17) is 0 Å². The fourth-order valence-corrected chi connectivity index (χ4v) is 4.47. The third-order valence-electron chi connectivity index (χ3n) is 4.02. The first-order valence-electron chi connectivity index (χ1n) is 8.54. The lowest BCUT2D eigenvalue weighted by molar-refractivity contribution is -0.137. The van der Waals surface area contributed by atoms with Gasteiger partial charge >= 0.3 is 6.18 Å². The molecule has 158 valence electrons. The average Bonchev–Trinajstić information content (AvgIpc) is 3.09. The molecule has 0 saturated carbocycles. The van der Waals surface area contributed by atoms with Crippen molar-refractivity contribution in [1.29, 1.82) is 0 Å². The topological polar surface area (TPSA) is 88.2 Å². The Bertz CT molecular complexity index is 1160. The normalized spacial score (nSPS) is 11.9. The first-order valence-corrected chi connectivity index (χ1v) is 10.9. The summed E-state index contributed by atoms with van der Waals surface area (Å²) in [6.07, 6.45) is -4.73. The Morgan fingerprint density at radius 2 is 1.83 bits per heavy atom. The van der Waals surface area contributed by atoms with Gasteiger partial charge in [0.2, 0.25) is 0 Å². The number of thiazole rings is 1. The number of halogens is 3. The van der Waals surface area contributed by atoms with Crippen LogP contribution in [0.1, 0.15) is 26.5 Å². The third kappa shape index (κ3) is 5.16. The van der Waals surface area contributed by atoms with E-state index in [2.05, 4.69) is 15.0 Å². The van der Waals surface area contributed by atoms with Crippen LogP contribution in [0.5, 0.6) is 0 Å². The second-order valence-electron chi connectivity index (χ2n) is 6.23. The summed E-state index contributed by atoms with van der Waals surface area (Å²) in [6.45, 7) is 1.38. The number of hydrogen-bond acceptors (Lipinski definition) is 5. The van der Waals surface area contributed by atoms with Crippen molar-refractivity contribution in [2.24, 2.45) is 0 Å². The van der Waals surface area contributed by atoms with Crippen LogP contribution >= 0.6 is 11.3 Å². The minimum Gasteiger partial charge on any atom is -0.348 e. The van der Waals surface area contributed by atoms with Crippen molar-refractivity contribution in [3.05, 3.63) is 75.6 Å². The lowest BCUT2D eigenvalue weighted by atomic mass is 10.1. The highest BCUT2D eigenvalue weighted by molar-refractivity contribution is 7.92. The Morgan fingerprint density at radius 3 is 2.43 bits per heavy atom. The minimum atomic E-state index is -4.73. The predicted molar refractivity (Wildman–Crippen MR) is 107 cm³/mol. The number of carbonyl (C=O) groups is 1. The summed E-state index contributed by atoms with van der Waals surface area (Å²) in [7, 11) is -4.38. The maximum Gasteiger partial charge on any atom is 0.416 e. The van der Waals surface area contributed by atoms with E-state index in [9.17, 15) is 26.4 Å². The number of amides is 1. The van der Waals surface area contributed by atoms with E-state index in [0.717, 1.165) is 12.1 Å². The molecular weight excluding hydrogens is 439 g/mol. The van der Waals surface area contributed by atoms with Crippen molar-refractivity contribution in [3.63, 3.8) is 0 Å². The molecule has 0 aliphatic carbocycles. The Hall–Kier alpha value is -2.92. The molecule has 0 fully saturated rings. The molecule has 3 aromatic rings. The number of benzene rings is 2. The Kier molecular flexibility index (Phi) is 6.13. The van der Waals surface area contributed by atoms with Crippen molar-refractivity contribution in [2.75, 3.05) is 4.72 Å². The molecule has 11 heteroatoms. The van der Waals surface area contributed by atoms with Crippen molar-refractivity contribution in [1.82, 2.24) is 10.3 Å². The molecule has 0 spiro atoms. The molecular formula is C19H16F3N3O3S2. The van der Waals surface area contributed by atoms with Crippen LogP contribution in [-0.4, -0.2) is 19.3 Å². The van der Waals surface area contributed by atoms with Gasteiger partial charge in [0, 0.05) is 17.5 Å². The van der Waals surface area contributed by atoms with E-state index in [-0.39, 0.29) is 17.9 Å². The number of hydrogen-bond donors (Lipinski definition) is 2. The van der Waals surface area contributed by atoms with Crippen LogP contribution in [0.4, 0.5) is 19.0 Å². The SMILES string of the molecule is Cc1nc(NS(=O)(=O)c2cc(C(F)(F)F)ccc2CNC(=O)c2ccccc2)cs1. The second-order valence-corrected chi connectivity index (χ2v) is 8.94. The molecule has 0 atom stereocenters. The summed E-state index contributed by atoms with van der Waals surface area (Å²) in [5, 5.41) is 4.56. The average molecular weight is 455 g/mol. The fourth-order valence-electron chi connectivity index (χ4n) is 2.60. The van der Waals surface area contributed by atoms with E-state index in [0.29, 0.717) is 16.6 Å². The van der Waals surface area contributed by atoms with Crippen LogP contribution in [0.2, 0.25) is 0 Å². The van der Waals surface area contributed by atoms with E-state index in [1.165, 1.54) is 16.7 Å². The first kappa shape index (κ1) is 21.8. The highest BCUT2D eigenvalue weighted by Gasteiger charge is 2.33. The summed E-state index contributed by atoms with van der Waals surface area (Å²) in [5.41, 5.74) is -0.771. The highest BCUT2D eigenvalue weighted by atomic mass is 32.2. The molecule has 1 aromatic heterocycles. The van der Waals surface area contributed by atoms with Gasteiger partial charge in [0.25, 0.3) is 15.9 Å². The van der Waals surface area contributed by atoms with Gasteiger partial charge < -0.3 is 5.32 Å². The van der Waals surface area contributed by atoms with Gasteiger partial charge in [0.05, 0.1) is 15.5 Å². The summed E-state index contributed by atoms with van der Waals surface area (Å²) < 4.78 is 67.3. The van der Waals surface area contributed by atoms with E-state index in [1.54, 1.807) is 37.3 Å². The molecule has 6 nitrogen and oxygen atoms in total. The van der Waals surface area contributed by atoms with Crippen LogP contribution in [0.15, 0.2) is 58.8 Å². The molecule has 1 heterocycles. The number of sulfonamides is 1. The maximum absolute atomic E-state index is 13.2. The van der Waals surface area contributed by atoms with Crippen molar-refractivity contribution in [2.45, 2.75) is 24.5 Å². The fraction of sp³-hybridized carbons (Fsp3) is 0.158. The third-order valence-corrected chi connectivity index (χ3v) is 6.23. The molecule has 2 N–H and O–H groups in total. The zero-order valence-corrected chi connectivity index (χ0v) is 17.2. The van der Waals surface area contributed by atoms with E-state index >= 15 is 0 Å². The quantitative estimate of drug-likeness (QED) is 0.583. The van der Waals surface area contributed by atoms with Gasteiger partial charge in [-0.15, -0.1) is 11.3 Å². The van der Waals surface area contributed by atoms with Crippen molar-refractivity contribution < 1.29 is 26.4 Å². The standard InChI is InChI=1S/C19H16F3N3O3S2/c1-12-24-17(11-29-12)25-30(27,28)16-9-15(19(20,21)22)8-7-14(16)10-23-18(26)13-5-3-2-4-6-13/h2-9,11,25H,10H2,1H3,(H,23,26). The Morgan fingerprint density at radius 1 is 1.13 bits per heavy atom. The van der Waals surface area contributed by atoms with E-state index in [1.807, 2.05) is 0 Å². The van der Waals surface area contributed by atoms with Crippen molar-refractivity contribution in [3.8, 4) is 0 Å². The number of aromatic nitrogens is 1. The summed E-state index contributed by atoms with van der Waals surface area (Å²) in [4.78, 5) is 15.6. The number of nitrogens with one attached hydrogen (secondary N) is 2. The van der Waals surface area contributed by atoms with Crippen LogP contribution in [0.3, 0.4) is 0 Å². The summed E-state index contributed by atoms with van der Waals surface area (Å²) in [6, 6.07) is 10.5. The van der Waals surface area contributed by atoms with E-state index < -0.39 is 32.6 Å². The molecule has 0 aliphatic rings. The monoisotopic (exact) mass is 455 g/mol. The van der Waals surface area contributed by atoms with Crippen LogP contribution in [-0.2, 0) is 22.7 Å². The molecule has 1 amide bonds. The van der Waals surface area contributed by atoms with Gasteiger partial charge in [-0.3, -0.25) is 9.52 Å². The molecule has 3 rings (SSSR count). The van der Waals surface area contributed by atoms with Gasteiger partial charge in [-0.25, -0.2) is 13.4 Å². The van der Waals surface area contributed by atoms with Gasteiger partial charge in [0.15, 0.2) is 5.82 Å². The highest BCUT2D eigenvalue weighted by Crippen LogP contribution is 2.32.